The van der Waals surface area contributed by atoms with Crippen LogP contribution in [-0.4, -0.2) is 11.2 Å². The fourth-order valence-corrected chi connectivity index (χ4v) is 8.87. The summed E-state index contributed by atoms with van der Waals surface area (Å²) >= 11 is 0. The third-order valence-corrected chi connectivity index (χ3v) is 10.1. The van der Waals surface area contributed by atoms with E-state index in [1.807, 2.05) is 0 Å². The molecule has 0 amide bonds. The van der Waals surface area contributed by atoms with E-state index in [0.717, 1.165) is 48.3 Å². The molecule has 0 aromatic heterocycles. The predicted molar refractivity (Wildman–Crippen MR) is 105 cm³/mol. The van der Waals surface area contributed by atoms with Crippen molar-refractivity contribution in [3.8, 4) is 0 Å². The van der Waals surface area contributed by atoms with Gasteiger partial charge in [0.25, 0.3) is 0 Å². The Bertz CT molecular complexity index is 486. The summed E-state index contributed by atoms with van der Waals surface area (Å²) in [6.45, 7) is 10.2. The zero-order valence-corrected chi connectivity index (χ0v) is 17.3. The molecule has 0 bridgehead atoms. The number of aliphatic hydroxyl groups is 1. The van der Waals surface area contributed by atoms with Crippen LogP contribution in [0.3, 0.4) is 0 Å². The number of rotatable bonds is 3. The standard InChI is InChI=1S/C24H42O/c1-5-6-16(2)20-9-10-21-19-8-7-17-15-18(25)11-13-23(17,3)22(19)12-14-24(20,21)4/h16-22,25H,5-15H2,1-4H3/t16-,17?,18-,19?,20-,21?,22?,23?,24-/m1/s1. The van der Waals surface area contributed by atoms with E-state index in [-0.39, 0.29) is 6.10 Å². The van der Waals surface area contributed by atoms with Crippen LogP contribution in [0.2, 0.25) is 0 Å². The van der Waals surface area contributed by atoms with Gasteiger partial charge >= 0.3 is 0 Å². The summed E-state index contributed by atoms with van der Waals surface area (Å²) in [7, 11) is 0. The normalized spacial score (nSPS) is 53.6. The van der Waals surface area contributed by atoms with Gasteiger partial charge in [0.05, 0.1) is 6.10 Å². The lowest BCUT2D eigenvalue weighted by Crippen LogP contribution is -2.54. The van der Waals surface area contributed by atoms with Gasteiger partial charge in [-0.05, 0) is 104 Å². The molecule has 0 radical (unpaired) electrons. The maximum atomic E-state index is 10.2. The fraction of sp³-hybridized carbons (Fsp3) is 1.00. The highest BCUT2D eigenvalue weighted by Crippen LogP contribution is 2.68. The van der Waals surface area contributed by atoms with E-state index in [2.05, 4.69) is 27.7 Å². The molecule has 1 N–H and O–H groups in total. The van der Waals surface area contributed by atoms with E-state index in [1.165, 1.54) is 57.8 Å². The van der Waals surface area contributed by atoms with Crippen LogP contribution in [0.1, 0.15) is 98.3 Å². The van der Waals surface area contributed by atoms with E-state index in [0.29, 0.717) is 10.8 Å². The van der Waals surface area contributed by atoms with Crippen molar-refractivity contribution in [3.05, 3.63) is 0 Å². The third-order valence-electron chi connectivity index (χ3n) is 10.1. The summed E-state index contributed by atoms with van der Waals surface area (Å²) in [5, 5.41) is 10.2. The molecular formula is C24H42O. The highest BCUT2D eigenvalue weighted by molar-refractivity contribution is 5.09. The molecule has 1 nitrogen and oxygen atoms in total. The Kier molecular flexibility index (Phi) is 4.79. The lowest BCUT2D eigenvalue weighted by atomic mass is 9.44. The predicted octanol–water partition coefficient (Wildman–Crippen LogP) is 6.44. The van der Waals surface area contributed by atoms with Crippen LogP contribution in [0.4, 0.5) is 0 Å². The zero-order chi connectivity index (χ0) is 17.8. The summed E-state index contributed by atoms with van der Waals surface area (Å²) in [6, 6.07) is 0. The smallest absolute Gasteiger partial charge is 0.0543 e. The lowest BCUT2D eigenvalue weighted by Gasteiger charge is -2.61. The summed E-state index contributed by atoms with van der Waals surface area (Å²) in [5.41, 5.74) is 1.17. The highest BCUT2D eigenvalue weighted by Gasteiger charge is 2.60. The number of aliphatic hydroxyl groups excluding tert-OH is 1. The molecule has 4 aliphatic rings. The van der Waals surface area contributed by atoms with E-state index in [4.69, 9.17) is 0 Å². The molecule has 0 aromatic rings. The average molecular weight is 347 g/mol. The van der Waals surface area contributed by atoms with Gasteiger partial charge in [0.15, 0.2) is 0 Å². The number of hydrogen-bond donors (Lipinski definition) is 1. The first-order valence-corrected chi connectivity index (χ1v) is 11.6. The SMILES string of the molecule is CCC[C@@H](C)[C@H]1CCC2C3CCC4C[C@H](O)CCC4(C)C3CC[C@@]21C. The molecule has 4 aliphatic carbocycles. The third kappa shape index (κ3) is 2.74. The summed E-state index contributed by atoms with van der Waals surface area (Å²) in [5.74, 6) is 5.66. The molecule has 4 rings (SSSR count). The molecule has 9 atom stereocenters. The van der Waals surface area contributed by atoms with Gasteiger partial charge in [0.2, 0.25) is 0 Å². The molecule has 0 heterocycles. The van der Waals surface area contributed by atoms with Crippen LogP contribution in [-0.2, 0) is 0 Å². The van der Waals surface area contributed by atoms with Gasteiger partial charge in [0.1, 0.15) is 0 Å². The van der Waals surface area contributed by atoms with Crippen LogP contribution in [0.5, 0.6) is 0 Å². The second-order valence-electron chi connectivity index (χ2n) is 11.1. The first-order chi connectivity index (χ1) is 11.9. The molecule has 5 unspecified atom stereocenters. The van der Waals surface area contributed by atoms with Gasteiger partial charge in [-0.25, -0.2) is 0 Å². The van der Waals surface area contributed by atoms with Crippen molar-refractivity contribution in [1.29, 1.82) is 0 Å². The Morgan fingerprint density at radius 3 is 2.40 bits per heavy atom. The number of hydrogen-bond acceptors (Lipinski definition) is 1. The van der Waals surface area contributed by atoms with Crippen molar-refractivity contribution < 1.29 is 5.11 Å². The Morgan fingerprint density at radius 2 is 1.64 bits per heavy atom. The molecule has 4 saturated carbocycles. The zero-order valence-electron chi connectivity index (χ0n) is 17.3. The Balaban J connectivity index is 1.56. The Hall–Kier alpha value is -0.0400. The van der Waals surface area contributed by atoms with Crippen LogP contribution in [0.25, 0.3) is 0 Å². The molecule has 0 aromatic carbocycles. The minimum Gasteiger partial charge on any atom is -0.393 e. The molecule has 0 saturated heterocycles. The van der Waals surface area contributed by atoms with E-state index in [9.17, 15) is 5.11 Å². The molecular weight excluding hydrogens is 304 g/mol. The molecule has 4 fully saturated rings. The first-order valence-electron chi connectivity index (χ1n) is 11.6. The quantitative estimate of drug-likeness (QED) is 0.623. The van der Waals surface area contributed by atoms with Crippen molar-refractivity contribution in [1.82, 2.24) is 0 Å². The average Bonchev–Trinajstić information content (AvgIpc) is 2.93. The Morgan fingerprint density at radius 1 is 0.920 bits per heavy atom. The molecule has 1 heteroatoms. The van der Waals surface area contributed by atoms with E-state index < -0.39 is 0 Å². The second kappa shape index (κ2) is 6.54. The fourth-order valence-electron chi connectivity index (χ4n) is 8.87. The van der Waals surface area contributed by atoms with Crippen molar-refractivity contribution in [2.45, 2.75) is 104 Å². The minimum atomic E-state index is -0.00534. The minimum absolute atomic E-state index is 0.00534. The molecule has 25 heavy (non-hydrogen) atoms. The van der Waals surface area contributed by atoms with Gasteiger partial charge in [-0.2, -0.15) is 0 Å². The van der Waals surface area contributed by atoms with Crippen molar-refractivity contribution in [2.75, 3.05) is 0 Å². The largest absolute Gasteiger partial charge is 0.393 e. The van der Waals surface area contributed by atoms with Gasteiger partial charge in [0, 0.05) is 0 Å². The summed E-state index contributed by atoms with van der Waals surface area (Å²) in [4.78, 5) is 0. The molecule has 0 spiro atoms. The van der Waals surface area contributed by atoms with Crippen molar-refractivity contribution >= 4 is 0 Å². The van der Waals surface area contributed by atoms with E-state index in [1.54, 1.807) is 0 Å². The van der Waals surface area contributed by atoms with Crippen LogP contribution in [0.15, 0.2) is 0 Å². The van der Waals surface area contributed by atoms with Crippen LogP contribution < -0.4 is 0 Å². The van der Waals surface area contributed by atoms with Crippen LogP contribution >= 0.6 is 0 Å². The molecule has 144 valence electrons. The highest BCUT2D eigenvalue weighted by atomic mass is 16.3. The lowest BCUT2D eigenvalue weighted by molar-refractivity contribution is -0.129. The van der Waals surface area contributed by atoms with Gasteiger partial charge in [-0.1, -0.05) is 40.5 Å². The summed E-state index contributed by atoms with van der Waals surface area (Å²) in [6.07, 6.45) is 15.1. The van der Waals surface area contributed by atoms with Crippen molar-refractivity contribution in [2.24, 2.45) is 46.3 Å². The van der Waals surface area contributed by atoms with Crippen molar-refractivity contribution in [3.63, 3.8) is 0 Å². The second-order valence-corrected chi connectivity index (χ2v) is 11.1. The monoisotopic (exact) mass is 346 g/mol. The van der Waals surface area contributed by atoms with Gasteiger partial charge < -0.3 is 5.11 Å². The maximum absolute atomic E-state index is 10.2. The first kappa shape index (κ1) is 18.3. The maximum Gasteiger partial charge on any atom is 0.0543 e. The van der Waals surface area contributed by atoms with Crippen LogP contribution in [0, 0.1) is 46.3 Å². The van der Waals surface area contributed by atoms with Gasteiger partial charge in [-0.15, -0.1) is 0 Å². The summed E-state index contributed by atoms with van der Waals surface area (Å²) < 4.78 is 0. The Labute approximate surface area is 156 Å². The molecule has 0 aliphatic heterocycles. The number of fused-ring (bicyclic) bond motifs is 5. The topological polar surface area (TPSA) is 20.2 Å². The van der Waals surface area contributed by atoms with Gasteiger partial charge in [-0.3, -0.25) is 0 Å². The van der Waals surface area contributed by atoms with E-state index >= 15 is 0 Å².